The minimum Gasteiger partial charge on any atom is -0.492 e. The third kappa shape index (κ3) is 3.07. The van der Waals surface area contributed by atoms with E-state index in [1.54, 1.807) is 0 Å². The van der Waals surface area contributed by atoms with Crippen LogP contribution in [0, 0.1) is 11.3 Å². The standard InChI is InChI=1S/C15H20N2O2.ClH/c1-15(2)8-12(15)14(18)17-11-3-4-13-10(7-11)9-16-5-6-19-13;/h3-4,7,12,16H,5-6,8-9H2,1-2H3,(H,17,18);1H. The van der Waals surface area contributed by atoms with E-state index in [4.69, 9.17) is 4.74 Å². The molecule has 3 rings (SSSR count). The maximum absolute atomic E-state index is 12.1. The zero-order valence-corrected chi connectivity index (χ0v) is 12.7. The molecule has 1 aliphatic heterocycles. The predicted molar refractivity (Wildman–Crippen MR) is 81.4 cm³/mol. The minimum absolute atomic E-state index is 0. The molecule has 4 nitrogen and oxygen atoms in total. The fraction of sp³-hybridized carbons (Fsp3) is 0.533. The molecular weight excluding hydrogens is 276 g/mol. The molecule has 1 aliphatic carbocycles. The van der Waals surface area contributed by atoms with Crippen LogP contribution in [0.25, 0.3) is 0 Å². The highest BCUT2D eigenvalue weighted by molar-refractivity contribution is 5.95. The largest absolute Gasteiger partial charge is 0.492 e. The van der Waals surface area contributed by atoms with Gasteiger partial charge < -0.3 is 15.4 Å². The van der Waals surface area contributed by atoms with E-state index < -0.39 is 0 Å². The highest BCUT2D eigenvalue weighted by Crippen LogP contribution is 2.52. The average Bonchev–Trinajstić information content (AvgIpc) is 3.06. The maximum Gasteiger partial charge on any atom is 0.228 e. The summed E-state index contributed by atoms with van der Waals surface area (Å²) in [5.41, 5.74) is 2.13. The van der Waals surface area contributed by atoms with Crippen molar-refractivity contribution in [2.24, 2.45) is 11.3 Å². The summed E-state index contributed by atoms with van der Waals surface area (Å²) in [6.07, 6.45) is 0.981. The molecule has 0 bridgehead atoms. The van der Waals surface area contributed by atoms with Crippen LogP contribution in [-0.2, 0) is 11.3 Å². The molecule has 5 heteroatoms. The number of nitrogens with one attached hydrogen (secondary N) is 2. The molecule has 1 aromatic carbocycles. The van der Waals surface area contributed by atoms with Gasteiger partial charge >= 0.3 is 0 Å². The number of hydrogen-bond donors (Lipinski definition) is 2. The summed E-state index contributed by atoms with van der Waals surface area (Å²) >= 11 is 0. The molecule has 1 amide bonds. The first kappa shape index (κ1) is 15.1. The van der Waals surface area contributed by atoms with E-state index in [2.05, 4.69) is 24.5 Å². The predicted octanol–water partition coefficient (Wildman–Crippen LogP) is 2.58. The Labute approximate surface area is 125 Å². The van der Waals surface area contributed by atoms with E-state index in [0.717, 1.165) is 36.5 Å². The van der Waals surface area contributed by atoms with Gasteiger partial charge in [-0.25, -0.2) is 0 Å². The highest BCUT2D eigenvalue weighted by atomic mass is 35.5. The quantitative estimate of drug-likeness (QED) is 0.882. The molecule has 1 saturated carbocycles. The second-order valence-corrected chi connectivity index (χ2v) is 6.08. The van der Waals surface area contributed by atoms with E-state index in [1.165, 1.54) is 0 Å². The second kappa shape index (κ2) is 5.62. The fourth-order valence-corrected chi connectivity index (χ4v) is 2.54. The normalized spacial score (nSPS) is 22.6. The van der Waals surface area contributed by atoms with Gasteiger partial charge in [0.15, 0.2) is 0 Å². The first-order valence-electron chi connectivity index (χ1n) is 6.83. The van der Waals surface area contributed by atoms with E-state index in [1.807, 2.05) is 18.2 Å². The van der Waals surface area contributed by atoms with Crippen molar-refractivity contribution in [3.05, 3.63) is 23.8 Å². The Bertz CT molecular complexity index is 517. The number of amides is 1. The summed E-state index contributed by atoms with van der Waals surface area (Å²) in [7, 11) is 0. The number of fused-ring (bicyclic) bond motifs is 1. The number of carbonyl (C=O) groups is 1. The minimum atomic E-state index is 0. The van der Waals surface area contributed by atoms with Gasteiger partial charge in [-0.2, -0.15) is 0 Å². The number of rotatable bonds is 2. The lowest BCUT2D eigenvalue weighted by atomic mass is 10.1. The Balaban J connectivity index is 0.00000147. The average molecular weight is 297 g/mol. The smallest absolute Gasteiger partial charge is 0.228 e. The van der Waals surface area contributed by atoms with Crippen LogP contribution in [0.2, 0.25) is 0 Å². The number of carbonyl (C=O) groups excluding carboxylic acids is 1. The SMILES string of the molecule is CC1(C)CC1C(=O)Nc1ccc2c(c1)CNCCO2.Cl. The van der Waals surface area contributed by atoms with Crippen LogP contribution in [-0.4, -0.2) is 19.1 Å². The Morgan fingerprint density at radius 2 is 2.20 bits per heavy atom. The topological polar surface area (TPSA) is 50.4 Å². The second-order valence-electron chi connectivity index (χ2n) is 6.08. The zero-order chi connectivity index (χ0) is 13.5. The molecule has 110 valence electrons. The number of halogens is 1. The molecule has 0 radical (unpaired) electrons. The summed E-state index contributed by atoms with van der Waals surface area (Å²) in [5, 5.41) is 6.30. The van der Waals surface area contributed by atoms with Gasteiger partial charge in [-0.1, -0.05) is 13.8 Å². The van der Waals surface area contributed by atoms with Crippen LogP contribution in [0.4, 0.5) is 5.69 Å². The Kier molecular flexibility index (Phi) is 4.25. The molecule has 1 fully saturated rings. The van der Waals surface area contributed by atoms with Crippen LogP contribution in [0.1, 0.15) is 25.8 Å². The van der Waals surface area contributed by atoms with Gasteiger partial charge in [0, 0.05) is 30.3 Å². The molecule has 1 unspecified atom stereocenters. The summed E-state index contributed by atoms with van der Waals surface area (Å²) in [5.74, 6) is 1.20. The van der Waals surface area contributed by atoms with E-state index in [9.17, 15) is 4.79 Å². The van der Waals surface area contributed by atoms with E-state index in [0.29, 0.717) is 6.61 Å². The molecule has 0 spiro atoms. The summed E-state index contributed by atoms with van der Waals surface area (Å²) in [6.45, 7) is 6.59. The van der Waals surface area contributed by atoms with Gasteiger partial charge in [-0.15, -0.1) is 12.4 Å². The zero-order valence-electron chi connectivity index (χ0n) is 11.9. The highest BCUT2D eigenvalue weighted by Gasteiger charge is 2.50. The molecule has 0 saturated heterocycles. The van der Waals surface area contributed by atoms with Crippen molar-refractivity contribution in [3.8, 4) is 5.75 Å². The summed E-state index contributed by atoms with van der Waals surface area (Å²) < 4.78 is 5.63. The number of ether oxygens (including phenoxy) is 1. The third-order valence-corrected chi connectivity index (χ3v) is 4.01. The van der Waals surface area contributed by atoms with Crippen LogP contribution in [0.15, 0.2) is 18.2 Å². The van der Waals surface area contributed by atoms with Crippen molar-refractivity contribution in [1.82, 2.24) is 5.32 Å². The molecule has 0 aromatic heterocycles. The third-order valence-electron chi connectivity index (χ3n) is 4.01. The lowest BCUT2D eigenvalue weighted by molar-refractivity contribution is -0.118. The van der Waals surface area contributed by atoms with Crippen molar-refractivity contribution >= 4 is 24.0 Å². The van der Waals surface area contributed by atoms with Gasteiger partial charge in [-0.05, 0) is 30.0 Å². The fourth-order valence-electron chi connectivity index (χ4n) is 2.54. The van der Waals surface area contributed by atoms with Crippen LogP contribution < -0.4 is 15.4 Å². The van der Waals surface area contributed by atoms with Crippen molar-refractivity contribution < 1.29 is 9.53 Å². The van der Waals surface area contributed by atoms with E-state index in [-0.39, 0.29) is 29.6 Å². The van der Waals surface area contributed by atoms with Crippen molar-refractivity contribution in [3.63, 3.8) is 0 Å². The van der Waals surface area contributed by atoms with Gasteiger partial charge in [0.05, 0.1) is 0 Å². The van der Waals surface area contributed by atoms with Gasteiger partial charge in [0.2, 0.25) is 5.91 Å². The molecule has 1 aromatic rings. The van der Waals surface area contributed by atoms with Crippen molar-refractivity contribution in [1.29, 1.82) is 0 Å². The van der Waals surface area contributed by atoms with Gasteiger partial charge in [0.1, 0.15) is 12.4 Å². The van der Waals surface area contributed by atoms with Crippen molar-refractivity contribution in [2.45, 2.75) is 26.8 Å². The first-order valence-corrected chi connectivity index (χ1v) is 6.83. The van der Waals surface area contributed by atoms with Crippen LogP contribution in [0.5, 0.6) is 5.75 Å². The molecule has 1 atom stereocenters. The lowest BCUT2D eigenvalue weighted by Crippen LogP contribution is -2.17. The van der Waals surface area contributed by atoms with Gasteiger partial charge in [0.25, 0.3) is 0 Å². The molecule has 2 N–H and O–H groups in total. The van der Waals surface area contributed by atoms with Crippen molar-refractivity contribution in [2.75, 3.05) is 18.5 Å². The number of anilines is 1. The number of hydrogen-bond acceptors (Lipinski definition) is 3. The molecule has 2 aliphatic rings. The lowest BCUT2D eigenvalue weighted by Gasteiger charge is -2.10. The Morgan fingerprint density at radius 1 is 1.45 bits per heavy atom. The molecule has 20 heavy (non-hydrogen) atoms. The summed E-state index contributed by atoms with van der Waals surface area (Å²) in [6, 6.07) is 5.86. The molecular formula is C15H21ClN2O2. The first-order chi connectivity index (χ1) is 9.06. The number of benzene rings is 1. The summed E-state index contributed by atoms with van der Waals surface area (Å²) in [4.78, 5) is 12.1. The van der Waals surface area contributed by atoms with E-state index >= 15 is 0 Å². The van der Waals surface area contributed by atoms with Crippen LogP contribution >= 0.6 is 12.4 Å². The monoisotopic (exact) mass is 296 g/mol. The Morgan fingerprint density at radius 3 is 2.90 bits per heavy atom. The molecule has 1 heterocycles. The Hall–Kier alpha value is -1.26. The van der Waals surface area contributed by atoms with Gasteiger partial charge in [-0.3, -0.25) is 4.79 Å². The van der Waals surface area contributed by atoms with Crippen LogP contribution in [0.3, 0.4) is 0 Å². The maximum atomic E-state index is 12.1.